The first kappa shape index (κ1) is 14.5. The smallest absolute Gasteiger partial charge is 0.0890 e. The molecule has 6 nitrogen and oxygen atoms in total. The molecule has 0 aromatic carbocycles. The molecule has 1 aliphatic heterocycles. The van der Waals surface area contributed by atoms with Gasteiger partial charge in [0.2, 0.25) is 0 Å². The number of hydrogen-bond acceptors (Lipinski definition) is 5. The van der Waals surface area contributed by atoms with Crippen LogP contribution in [0.3, 0.4) is 0 Å². The third-order valence-corrected chi connectivity index (χ3v) is 3.60. The number of nitrogens with one attached hydrogen (secondary N) is 1. The summed E-state index contributed by atoms with van der Waals surface area (Å²) in [5, 5.41) is 4.36. The number of aryl methyl sites for hydroxylation is 1. The summed E-state index contributed by atoms with van der Waals surface area (Å²) in [5.74, 6) is 5.72. The zero-order valence-electron chi connectivity index (χ0n) is 11.7. The number of nitrogens with zero attached hydrogens (tertiary/aromatic N) is 2. The van der Waals surface area contributed by atoms with Gasteiger partial charge in [-0.1, -0.05) is 0 Å². The Morgan fingerprint density at radius 3 is 3.11 bits per heavy atom. The van der Waals surface area contributed by atoms with Crippen molar-refractivity contribution < 1.29 is 9.47 Å². The molecule has 3 unspecified atom stereocenters. The van der Waals surface area contributed by atoms with E-state index < -0.39 is 0 Å². The predicted octanol–water partition coefficient (Wildman–Crippen LogP) is 0.992. The second-order valence-corrected chi connectivity index (χ2v) is 5.03. The van der Waals surface area contributed by atoms with Crippen LogP contribution in [0.25, 0.3) is 0 Å². The van der Waals surface area contributed by atoms with Gasteiger partial charge in [-0.05, 0) is 32.3 Å². The number of nitrogens with two attached hydrogens (primary N) is 1. The fourth-order valence-electron chi connectivity index (χ4n) is 2.61. The van der Waals surface area contributed by atoms with Gasteiger partial charge in [-0.2, -0.15) is 5.10 Å². The fraction of sp³-hybridized carbons (Fsp3) is 0.769. The molecule has 0 saturated carbocycles. The second kappa shape index (κ2) is 7.00. The van der Waals surface area contributed by atoms with E-state index in [0.29, 0.717) is 6.10 Å². The van der Waals surface area contributed by atoms with Crippen LogP contribution in [0.1, 0.15) is 37.9 Å². The quantitative estimate of drug-likeness (QED) is 0.438. The second-order valence-electron chi connectivity index (χ2n) is 5.03. The van der Waals surface area contributed by atoms with E-state index in [9.17, 15) is 0 Å². The predicted molar refractivity (Wildman–Crippen MR) is 72.4 cm³/mol. The van der Waals surface area contributed by atoms with Crippen molar-refractivity contribution in [3.63, 3.8) is 0 Å². The summed E-state index contributed by atoms with van der Waals surface area (Å²) in [4.78, 5) is 0. The molecule has 3 N–H and O–H groups in total. The van der Waals surface area contributed by atoms with Crippen molar-refractivity contribution in [3.05, 3.63) is 18.0 Å². The van der Waals surface area contributed by atoms with E-state index in [2.05, 4.69) is 17.4 Å². The molecule has 0 radical (unpaired) electrons. The minimum absolute atomic E-state index is 0.00463. The van der Waals surface area contributed by atoms with Crippen LogP contribution in [0.4, 0.5) is 0 Å². The highest BCUT2D eigenvalue weighted by Crippen LogP contribution is 2.29. The van der Waals surface area contributed by atoms with Gasteiger partial charge >= 0.3 is 0 Å². The van der Waals surface area contributed by atoms with Gasteiger partial charge in [-0.25, -0.2) is 5.43 Å². The van der Waals surface area contributed by atoms with Gasteiger partial charge in [0.25, 0.3) is 0 Å². The summed E-state index contributed by atoms with van der Waals surface area (Å²) in [6.07, 6.45) is 5.29. The number of hydrazine groups is 1. The van der Waals surface area contributed by atoms with Gasteiger partial charge in [0.1, 0.15) is 0 Å². The van der Waals surface area contributed by atoms with Crippen molar-refractivity contribution in [3.8, 4) is 0 Å². The molecule has 1 aliphatic rings. The molecule has 6 heteroatoms. The van der Waals surface area contributed by atoms with E-state index in [4.69, 9.17) is 15.3 Å². The number of aromatic nitrogens is 2. The maximum Gasteiger partial charge on any atom is 0.0890 e. The molecule has 1 fully saturated rings. The molecule has 0 amide bonds. The standard InChI is InChI=1S/C13H24N4O2/c1-10-4-5-12(19-10)13(16-14)11-6-7-15-17(11)8-3-9-18-2/h6-7,10,12-13,16H,3-5,8-9,14H2,1-2H3. The summed E-state index contributed by atoms with van der Waals surface area (Å²) < 4.78 is 13.0. The third kappa shape index (κ3) is 3.54. The lowest BCUT2D eigenvalue weighted by molar-refractivity contribution is 0.0295. The van der Waals surface area contributed by atoms with Gasteiger partial charge < -0.3 is 9.47 Å². The van der Waals surface area contributed by atoms with Crippen molar-refractivity contribution in [2.75, 3.05) is 13.7 Å². The Balaban J connectivity index is 2.03. The highest BCUT2D eigenvalue weighted by atomic mass is 16.5. The van der Waals surface area contributed by atoms with Crippen LogP contribution < -0.4 is 11.3 Å². The van der Waals surface area contributed by atoms with Crippen LogP contribution in [0, 0.1) is 0 Å². The number of methoxy groups -OCH3 is 1. The van der Waals surface area contributed by atoms with Crippen molar-refractivity contribution >= 4 is 0 Å². The molecule has 19 heavy (non-hydrogen) atoms. The van der Waals surface area contributed by atoms with E-state index in [1.165, 1.54) is 0 Å². The SMILES string of the molecule is COCCCn1nccc1C(NN)C1CCC(C)O1. The number of rotatable bonds is 7. The summed E-state index contributed by atoms with van der Waals surface area (Å²) in [6, 6.07) is 2.00. The van der Waals surface area contributed by atoms with Crippen LogP contribution in [-0.4, -0.2) is 35.7 Å². The summed E-state index contributed by atoms with van der Waals surface area (Å²) in [7, 11) is 1.71. The van der Waals surface area contributed by atoms with Gasteiger partial charge in [0.05, 0.1) is 23.9 Å². The highest BCUT2D eigenvalue weighted by molar-refractivity contribution is 5.09. The molecule has 1 aromatic heterocycles. The van der Waals surface area contributed by atoms with Gasteiger partial charge in [-0.3, -0.25) is 10.5 Å². The molecule has 1 aromatic rings. The van der Waals surface area contributed by atoms with Gasteiger partial charge in [0, 0.05) is 26.5 Å². The lowest BCUT2D eigenvalue weighted by Gasteiger charge is -2.23. The molecule has 3 atom stereocenters. The van der Waals surface area contributed by atoms with Gasteiger partial charge in [0.15, 0.2) is 0 Å². The third-order valence-electron chi connectivity index (χ3n) is 3.60. The van der Waals surface area contributed by atoms with Crippen LogP contribution in [0.5, 0.6) is 0 Å². The Morgan fingerprint density at radius 1 is 1.63 bits per heavy atom. The van der Waals surface area contributed by atoms with Crippen molar-refractivity contribution in [1.82, 2.24) is 15.2 Å². The maximum absolute atomic E-state index is 5.91. The molecule has 2 rings (SSSR count). The topological polar surface area (TPSA) is 74.3 Å². The van der Waals surface area contributed by atoms with Crippen molar-refractivity contribution in [2.24, 2.45) is 5.84 Å². The first-order chi connectivity index (χ1) is 9.26. The lowest BCUT2D eigenvalue weighted by atomic mass is 10.0. The Hall–Kier alpha value is -0.950. The minimum Gasteiger partial charge on any atom is -0.385 e. The summed E-state index contributed by atoms with van der Waals surface area (Å²) in [5.41, 5.74) is 3.96. The Labute approximate surface area is 114 Å². The van der Waals surface area contributed by atoms with E-state index in [1.807, 2.05) is 16.9 Å². The maximum atomic E-state index is 5.91. The van der Waals surface area contributed by atoms with Crippen molar-refractivity contribution in [1.29, 1.82) is 0 Å². The average molecular weight is 268 g/mol. The van der Waals surface area contributed by atoms with E-state index in [1.54, 1.807) is 7.11 Å². The number of hydrogen-bond donors (Lipinski definition) is 2. The molecule has 108 valence electrons. The minimum atomic E-state index is -0.00463. The molecule has 0 aliphatic carbocycles. The van der Waals surface area contributed by atoms with E-state index in [0.717, 1.165) is 38.1 Å². The van der Waals surface area contributed by atoms with Crippen LogP contribution in [0.15, 0.2) is 12.3 Å². The van der Waals surface area contributed by atoms with Crippen molar-refractivity contribution in [2.45, 2.75) is 51.0 Å². The first-order valence-corrected chi connectivity index (χ1v) is 6.88. The van der Waals surface area contributed by atoms with Crippen LogP contribution in [-0.2, 0) is 16.0 Å². The van der Waals surface area contributed by atoms with Crippen LogP contribution >= 0.6 is 0 Å². The van der Waals surface area contributed by atoms with Gasteiger partial charge in [-0.15, -0.1) is 0 Å². The normalized spacial score (nSPS) is 24.8. The molecule has 2 heterocycles. The zero-order chi connectivity index (χ0) is 13.7. The zero-order valence-corrected chi connectivity index (χ0v) is 11.7. The first-order valence-electron chi connectivity index (χ1n) is 6.88. The summed E-state index contributed by atoms with van der Waals surface area (Å²) in [6.45, 7) is 3.66. The van der Waals surface area contributed by atoms with E-state index >= 15 is 0 Å². The molecule has 1 saturated heterocycles. The van der Waals surface area contributed by atoms with Crippen LogP contribution in [0.2, 0.25) is 0 Å². The molecular formula is C13H24N4O2. The Bertz CT molecular complexity index is 382. The Morgan fingerprint density at radius 2 is 2.47 bits per heavy atom. The molecule has 0 spiro atoms. The lowest BCUT2D eigenvalue weighted by Crippen LogP contribution is -2.38. The van der Waals surface area contributed by atoms with E-state index in [-0.39, 0.29) is 12.1 Å². The molecule has 0 bridgehead atoms. The molecular weight excluding hydrogens is 244 g/mol. The highest BCUT2D eigenvalue weighted by Gasteiger charge is 2.31. The fourth-order valence-corrected chi connectivity index (χ4v) is 2.61. The average Bonchev–Trinajstić information content (AvgIpc) is 3.01. The largest absolute Gasteiger partial charge is 0.385 e. The monoisotopic (exact) mass is 268 g/mol. The summed E-state index contributed by atoms with van der Waals surface area (Å²) >= 11 is 0. The Kier molecular flexibility index (Phi) is 5.33. The number of ether oxygens (including phenoxy) is 2.